The van der Waals surface area contributed by atoms with Gasteiger partial charge in [0.25, 0.3) is 0 Å². The van der Waals surface area contributed by atoms with Crippen molar-refractivity contribution in [3.8, 4) is 23.0 Å². The fraction of sp³-hybridized carbons (Fsp3) is 0.233. The van der Waals surface area contributed by atoms with Gasteiger partial charge in [-0.1, -0.05) is 12.1 Å². The largest absolute Gasteiger partial charge is 0.497 e. The number of methoxy groups -OCH3 is 2. The molecule has 1 fully saturated rings. The molecule has 1 aliphatic rings. The number of carbonyl (C=O) groups excluding carboxylic acids is 2. The fourth-order valence-corrected chi connectivity index (χ4v) is 4.65. The Hall–Kier alpha value is -5.00. The van der Waals surface area contributed by atoms with Crippen LogP contribution in [0.4, 0.5) is 24.5 Å². The van der Waals surface area contributed by atoms with E-state index in [9.17, 15) is 22.8 Å². The number of aromatic nitrogens is 2. The third kappa shape index (κ3) is 6.32. The van der Waals surface area contributed by atoms with E-state index in [4.69, 9.17) is 14.2 Å². The van der Waals surface area contributed by atoms with Crippen molar-refractivity contribution >= 4 is 23.2 Å². The molecule has 0 bridgehead atoms. The minimum absolute atomic E-state index is 0.185. The number of nitrogens with one attached hydrogen (secondary N) is 1. The van der Waals surface area contributed by atoms with E-state index in [2.05, 4.69) is 10.4 Å². The first kappa shape index (κ1) is 28.5. The molecule has 0 radical (unpaired) electrons. The molecule has 0 unspecified atom stereocenters. The van der Waals surface area contributed by atoms with Crippen LogP contribution in [-0.2, 0) is 22.3 Å². The van der Waals surface area contributed by atoms with Gasteiger partial charge in [0.2, 0.25) is 11.8 Å². The standard InChI is InChI=1S/C30H27F3N4O5/c1-40-22-7-3-19(4-8-22)17-36-18-21(16-34-36)37-26(12-14-28(37)38)29(39)35-25-15-24(11-13-27(25)41-2)42-23-9-5-20(6-10-23)30(31,32)33/h3-11,13,15-16,18,26H,12,14,17H2,1-2H3,(H,35,39)/t26-/m0/s1. The SMILES string of the molecule is COc1ccc(Cn2cc(N3C(=O)CC[C@H]3C(=O)Nc3cc(Oc4ccc(C(F)(F)F)cc4)ccc3OC)cn2)cc1. The normalized spacial score (nSPS) is 15.0. The van der Waals surface area contributed by atoms with E-state index in [-0.39, 0.29) is 29.5 Å². The molecule has 0 saturated carbocycles. The van der Waals surface area contributed by atoms with Gasteiger partial charge in [-0.15, -0.1) is 0 Å². The lowest BCUT2D eigenvalue weighted by Crippen LogP contribution is -2.41. The van der Waals surface area contributed by atoms with E-state index in [1.807, 2.05) is 24.3 Å². The molecule has 42 heavy (non-hydrogen) atoms. The highest BCUT2D eigenvalue weighted by molar-refractivity contribution is 6.07. The number of alkyl halides is 3. The summed E-state index contributed by atoms with van der Waals surface area (Å²) in [5.41, 5.74) is 0.969. The van der Waals surface area contributed by atoms with Gasteiger partial charge in [0, 0.05) is 18.7 Å². The summed E-state index contributed by atoms with van der Waals surface area (Å²) in [4.78, 5) is 27.7. The number of halogens is 3. The van der Waals surface area contributed by atoms with Gasteiger partial charge in [-0.25, -0.2) is 0 Å². The van der Waals surface area contributed by atoms with Crippen molar-refractivity contribution in [2.45, 2.75) is 31.6 Å². The van der Waals surface area contributed by atoms with Crippen LogP contribution in [0.15, 0.2) is 79.1 Å². The molecular formula is C30H27F3N4O5. The molecule has 1 N–H and O–H groups in total. The summed E-state index contributed by atoms with van der Waals surface area (Å²) in [7, 11) is 3.03. The molecule has 2 amide bonds. The van der Waals surface area contributed by atoms with Gasteiger partial charge in [0.15, 0.2) is 0 Å². The summed E-state index contributed by atoms with van der Waals surface area (Å²) in [5, 5.41) is 7.18. The highest BCUT2D eigenvalue weighted by atomic mass is 19.4. The number of hydrogen-bond donors (Lipinski definition) is 1. The second-order valence-electron chi connectivity index (χ2n) is 9.54. The second kappa shape index (κ2) is 11.9. The number of amides is 2. The number of nitrogens with zero attached hydrogens (tertiary/aromatic N) is 3. The highest BCUT2D eigenvalue weighted by Crippen LogP contribution is 2.35. The fourth-order valence-electron chi connectivity index (χ4n) is 4.65. The Morgan fingerprint density at radius 2 is 1.67 bits per heavy atom. The van der Waals surface area contributed by atoms with Gasteiger partial charge in [-0.2, -0.15) is 18.3 Å². The van der Waals surface area contributed by atoms with Crippen LogP contribution in [0.3, 0.4) is 0 Å². The summed E-state index contributed by atoms with van der Waals surface area (Å²) in [5.74, 6) is 0.893. The van der Waals surface area contributed by atoms with Crippen molar-refractivity contribution < 1.29 is 37.0 Å². The zero-order valence-electron chi connectivity index (χ0n) is 22.7. The van der Waals surface area contributed by atoms with Gasteiger partial charge >= 0.3 is 6.18 Å². The Bertz CT molecular complexity index is 1570. The van der Waals surface area contributed by atoms with Crippen molar-refractivity contribution in [2.24, 2.45) is 0 Å². The van der Waals surface area contributed by atoms with Crippen LogP contribution >= 0.6 is 0 Å². The number of rotatable bonds is 9. The van der Waals surface area contributed by atoms with Crippen molar-refractivity contribution in [1.29, 1.82) is 0 Å². The van der Waals surface area contributed by atoms with E-state index in [0.717, 1.165) is 23.4 Å². The summed E-state index contributed by atoms with van der Waals surface area (Å²) in [6.45, 7) is 0.464. The summed E-state index contributed by atoms with van der Waals surface area (Å²) >= 11 is 0. The van der Waals surface area contributed by atoms with Crippen LogP contribution in [0.1, 0.15) is 24.0 Å². The lowest BCUT2D eigenvalue weighted by atomic mass is 10.2. The van der Waals surface area contributed by atoms with Crippen molar-refractivity contribution in [3.05, 3.63) is 90.3 Å². The molecule has 12 heteroatoms. The number of benzene rings is 3. The number of carbonyl (C=O) groups is 2. The second-order valence-corrected chi connectivity index (χ2v) is 9.54. The summed E-state index contributed by atoms with van der Waals surface area (Å²) in [6, 6.07) is 15.6. The van der Waals surface area contributed by atoms with Gasteiger partial charge in [-0.3, -0.25) is 19.2 Å². The van der Waals surface area contributed by atoms with E-state index >= 15 is 0 Å². The third-order valence-electron chi connectivity index (χ3n) is 6.76. The number of anilines is 2. The molecule has 2 heterocycles. The lowest BCUT2D eigenvalue weighted by Gasteiger charge is -2.23. The van der Waals surface area contributed by atoms with Gasteiger partial charge in [0.05, 0.1) is 43.9 Å². The van der Waals surface area contributed by atoms with Crippen LogP contribution < -0.4 is 24.4 Å². The molecule has 1 aliphatic heterocycles. The van der Waals surface area contributed by atoms with E-state index in [1.165, 1.54) is 30.2 Å². The Labute approximate surface area is 239 Å². The molecule has 0 aliphatic carbocycles. The molecule has 4 aromatic rings. The topological polar surface area (TPSA) is 94.9 Å². The molecule has 3 aromatic carbocycles. The zero-order valence-corrected chi connectivity index (χ0v) is 22.7. The number of hydrogen-bond acceptors (Lipinski definition) is 6. The van der Waals surface area contributed by atoms with Crippen molar-refractivity contribution in [2.75, 3.05) is 24.4 Å². The van der Waals surface area contributed by atoms with Gasteiger partial charge < -0.3 is 19.5 Å². The van der Waals surface area contributed by atoms with E-state index < -0.39 is 23.7 Å². The molecule has 1 atom stereocenters. The third-order valence-corrected chi connectivity index (χ3v) is 6.76. The van der Waals surface area contributed by atoms with Crippen LogP contribution in [0.25, 0.3) is 0 Å². The van der Waals surface area contributed by atoms with Gasteiger partial charge in [0.1, 0.15) is 29.0 Å². The summed E-state index contributed by atoms with van der Waals surface area (Å²) in [6.07, 6.45) is -0.700. The average Bonchev–Trinajstić information content (AvgIpc) is 3.59. The van der Waals surface area contributed by atoms with Crippen LogP contribution in [-0.4, -0.2) is 41.9 Å². The quantitative estimate of drug-likeness (QED) is 0.265. The first-order chi connectivity index (χ1) is 20.1. The Balaban J connectivity index is 1.30. The predicted molar refractivity (Wildman–Crippen MR) is 148 cm³/mol. The van der Waals surface area contributed by atoms with E-state index in [1.54, 1.807) is 36.3 Å². The minimum atomic E-state index is -4.46. The Morgan fingerprint density at radius 3 is 2.33 bits per heavy atom. The molecule has 0 spiro atoms. The number of ether oxygens (including phenoxy) is 3. The zero-order chi connectivity index (χ0) is 29.9. The maximum atomic E-state index is 13.4. The van der Waals surface area contributed by atoms with Crippen LogP contribution in [0.5, 0.6) is 23.0 Å². The summed E-state index contributed by atoms with van der Waals surface area (Å²) < 4.78 is 56.6. The maximum absolute atomic E-state index is 13.4. The van der Waals surface area contributed by atoms with Gasteiger partial charge in [-0.05, 0) is 60.5 Å². The molecule has 218 valence electrons. The monoisotopic (exact) mass is 580 g/mol. The van der Waals surface area contributed by atoms with Crippen LogP contribution in [0.2, 0.25) is 0 Å². The highest BCUT2D eigenvalue weighted by Gasteiger charge is 2.38. The lowest BCUT2D eigenvalue weighted by molar-refractivity contribution is -0.137. The average molecular weight is 581 g/mol. The molecule has 5 rings (SSSR count). The minimum Gasteiger partial charge on any atom is -0.497 e. The Morgan fingerprint density at radius 1 is 0.976 bits per heavy atom. The van der Waals surface area contributed by atoms with Crippen molar-refractivity contribution in [1.82, 2.24) is 9.78 Å². The predicted octanol–water partition coefficient (Wildman–Crippen LogP) is 5.89. The first-order valence-electron chi connectivity index (χ1n) is 13.0. The smallest absolute Gasteiger partial charge is 0.416 e. The molecule has 1 aromatic heterocycles. The molecular weight excluding hydrogens is 553 g/mol. The van der Waals surface area contributed by atoms with Crippen molar-refractivity contribution in [3.63, 3.8) is 0 Å². The maximum Gasteiger partial charge on any atom is 0.416 e. The van der Waals surface area contributed by atoms with E-state index in [0.29, 0.717) is 24.4 Å². The first-order valence-corrected chi connectivity index (χ1v) is 13.0. The Kier molecular flexibility index (Phi) is 8.05. The molecule has 9 nitrogen and oxygen atoms in total. The van der Waals surface area contributed by atoms with Crippen LogP contribution in [0, 0.1) is 0 Å². The molecule has 1 saturated heterocycles.